The average Bonchev–Trinajstić information content (AvgIpc) is 2.90. The summed E-state index contributed by atoms with van der Waals surface area (Å²) >= 11 is 0. The number of halogens is 1. The third kappa shape index (κ3) is 4.05. The second kappa shape index (κ2) is 6.73. The summed E-state index contributed by atoms with van der Waals surface area (Å²) in [5.41, 5.74) is 0.616. The van der Waals surface area contributed by atoms with E-state index in [0.717, 1.165) is 12.8 Å². The van der Waals surface area contributed by atoms with Crippen molar-refractivity contribution in [2.45, 2.75) is 32.6 Å². The predicted molar refractivity (Wildman–Crippen MR) is 79.3 cm³/mol. The van der Waals surface area contributed by atoms with Crippen molar-refractivity contribution < 1.29 is 14.3 Å². The Morgan fingerprint density at radius 1 is 1.43 bits per heavy atom. The Bertz CT molecular complexity index is 580. The van der Waals surface area contributed by atoms with Crippen LogP contribution in [0.25, 0.3) is 0 Å². The quantitative estimate of drug-likeness (QED) is 0.840. The molecule has 21 heavy (non-hydrogen) atoms. The largest absolute Gasteiger partial charge is 0.384 e. The van der Waals surface area contributed by atoms with Gasteiger partial charge in [0.2, 0.25) is 0 Å². The molecular formula is C17H20FNO2. The van der Waals surface area contributed by atoms with E-state index < -0.39 is 5.82 Å². The molecular weight excluding hydrogens is 269 g/mol. The summed E-state index contributed by atoms with van der Waals surface area (Å²) in [6.45, 7) is 2.46. The van der Waals surface area contributed by atoms with Gasteiger partial charge in [-0.1, -0.05) is 31.6 Å². The van der Waals surface area contributed by atoms with Crippen molar-refractivity contribution in [3.63, 3.8) is 0 Å². The molecule has 0 unspecified atom stereocenters. The first-order valence-electron chi connectivity index (χ1n) is 7.22. The number of nitrogens with one attached hydrogen (secondary N) is 1. The van der Waals surface area contributed by atoms with E-state index in [4.69, 9.17) is 5.11 Å². The van der Waals surface area contributed by atoms with E-state index in [1.54, 1.807) is 6.07 Å². The van der Waals surface area contributed by atoms with Crippen LogP contribution in [0, 0.1) is 23.1 Å². The molecule has 0 aromatic heterocycles. The van der Waals surface area contributed by atoms with Crippen LogP contribution < -0.4 is 5.32 Å². The second-order valence-corrected chi connectivity index (χ2v) is 5.85. The number of aliphatic hydroxyl groups is 1. The topological polar surface area (TPSA) is 49.3 Å². The van der Waals surface area contributed by atoms with E-state index in [-0.39, 0.29) is 23.5 Å². The number of carbonyl (C=O) groups is 1. The maximum absolute atomic E-state index is 13.9. The van der Waals surface area contributed by atoms with E-state index in [1.807, 2.05) is 0 Å². The minimum absolute atomic E-state index is 0.0335. The highest BCUT2D eigenvalue weighted by molar-refractivity contribution is 5.94. The van der Waals surface area contributed by atoms with Crippen molar-refractivity contribution in [1.82, 2.24) is 5.32 Å². The summed E-state index contributed by atoms with van der Waals surface area (Å²) in [5, 5.41) is 11.4. The van der Waals surface area contributed by atoms with E-state index in [0.29, 0.717) is 12.1 Å². The van der Waals surface area contributed by atoms with Crippen molar-refractivity contribution in [3.8, 4) is 11.8 Å². The van der Waals surface area contributed by atoms with Crippen molar-refractivity contribution in [2.75, 3.05) is 13.2 Å². The van der Waals surface area contributed by atoms with Crippen molar-refractivity contribution in [2.24, 2.45) is 5.41 Å². The van der Waals surface area contributed by atoms with E-state index >= 15 is 0 Å². The fourth-order valence-electron chi connectivity index (χ4n) is 2.71. The number of carbonyl (C=O) groups excluding carboxylic acids is 1. The summed E-state index contributed by atoms with van der Waals surface area (Å²) in [7, 11) is 0. The zero-order valence-corrected chi connectivity index (χ0v) is 12.2. The van der Waals surface area contributed by atoms with Gasteiger partial charge < -0.3 is 10.4 Å². The number of rotatable bonds is 3. The molecule has 1 aliphatic carbocycles. The minimum atomic E-state index is -0.589. The SMILES string of the molecule is CC1(CNC(=O)c2ccc(C#CCO)cc2F)CCCC1. The van der Waals surface area contributed by atoms with E-state index in [2.05, 4.69) is 24.1 Å². The first-order valence-corrected chi connectivity index (χ1v) is 7.22. The molecule has 0 saturated heterocycles. The van der Waals surface area contributed by atoms with Crippen LogP contribution in [0.2, 0.25) is 0 Å². The van der Waals surface area contributed by atoms with Crippen LogP contribution in [0.15, 0.2) is 18.2 Å². The van der Waals surface area contributed by atoms with Gasteiger partial charge in [0.15, 0.2) is 0 Å². The number of amides is 1. The summed E-state index contributed by atoms with van der Waals surface area (Å²) < 4.78 is 13.9. The van der Waals surface area contributed by atoms with Gasteiger partial charge in [0.05, 0.1) is 5.56 Å². The maximum atomic E-state index is 13.9. The predicted octanol–water partition coefficient (Wildman–Crippen LogP) is 2.48. The summed E-state index contributed by atoms with van der Waals surface area (Å²) in [6, 6.07) is 4.23. The van der Waals surface area contributed by atoms with Crippen LogP contribution in [0.4, 0.5) is 4.39 Å². The molecule has 3 nitrogen and oxygen atoms in total. The number of benzene rings is 1. The minimum Gasteiger partial charge on any atom is -0.384 e. The van der Waals surface area contributed by atoms with Gasteiger partial charge in [-0.2, -0.15) is 0 Å². The van der Waals surface area contributed by atoms with Gasteiger partial charge in [0.1, 0.15) is 12.4 Å². The van der Waals surface area contributed by atoms with Crippen LogP contribution in [-0.2, 0) is 0 Å². The smallest absolute Gasteiger partial charge is 0.254 e. The molecule has 1 aromatic carbocycles. The standard InChI is InChI=1S/C17H20FNO2/c1-17(8-2-3-9-17)12-19-16(21)14-7-6-13(5-4-10-20)11-15(14)18/h6-7,11,20H,2-3,8-10,12H2,1H3,(H,19,21). The molecule has 112 valence electrons. The fraction of sp³-hybridized carbons (Fsp3) is 0.471. The van der Waals surface area contributed by atoms with Crippen LogP contribution >= 0.6 is 0 Å². The molecule has 0 spiro atoms. The molecule has 1 saturated carbocycles. The highest BCUT2D eigenvalue weighted by atomic mass is 19.1. The molecule has 0 heterocycles. The number of aliphatic hydroxyl groups excluding tert-OH is 1. The highest BCUT2D eigenvalue weighted by Crippen LogP contribution is 2.36. The van der Waals surface area contributed by atoms with Gasteiger partial charge in [-0.25, -0.2) is 4.39 Å². The summed E-state index contributed by atoms with van der Waals surface area (Å²) in [6.07, 6.45) is 4.59. The Balaban J connectivity index is 2.02. The normalized spacial score (nSPS) is 16.1. The summed E-state index contributed by atoms with van der Waals surface area (Å²) in [5.74, 6) is 4.08. The van der Waals surface area contributed by atoms with Crippen molar-refractivity contribution in [1.29, 1.82) is 0 Å². The lowest BCUT2D eigenvalue weighted by atomic mass is 9.89. The molecule has 0 radical (unpaired) electrons. The zero-order chi connectivity index (χ0) is 15.3. The number of hydrogen-bond acceptors (Lipinski definition) is 2. The first kappa shape index (κ1) is 15.5. The lowest BCUT2D eigenvalue weighted by Gasteiger charge is -2.23. The van der Waals surface area contributed by atoms with Crippen LogP contribution in [0.1, 0.15) is 48.5 Å². The number of hydrogen-bond donors (Lipinski definition) is 2. The van der Waals surface area contributed by atoms with Crippen LogP contribution in [0.5, 0.6) is 0 Å². The third-order valence-corrected chi connectivity index (χ3v) is 4.01. The van der Waals surface area contributed by atoms with Crippen LogP contribution in [0.3, 0.4) is 0 Å². The Labute approximate surface area is 124 Å². The monoisotopic (exact) mass is 289 g/mol. The molecule has 0 atom stereocenters. The Morgan fingerprint density at radius 3 is 2.76 bits per heavy atom. The average molecular weight is 289 g/mol. The zero-order valence-electron chi connectivity index (χ0n) is 12.2. The van der Waals surface area contributed by atoms with Gasteiger partial charge in [-0.05, 0) is 36.5 Å². The Hall–Kier alpha value is -1.86. The Morgan fingerprint density at radius 2 is 2.14 bits per heavy atom. The molecule has 1 amide bonds. The Kier molecular flexibility index (Phi) is 4.98. The third-order valence-electron chi connectivity index (χ3n) is 4.01. The van der Waals surface area contributed by atoms with Crippen molar-refractivity contribution in [3.05, 3.63) is 35.1 Å². The van der Waals surface area contributed by atoms with Gasteiger partial charge in [-0.15, -0.1) is 0 Å². The van der Waals surface area contributed by atoms with E-state index in [1.165, 1.54) is 25.0 Å². The van der Waals surface area contributed by atoms with Crippen LogP contribution in [-0.4, -0.2) is 24.2 Å². The fourth-order valence-corrected chi connectivity index (χ4v) is 2.71. The van der Waals surface area contributed by atoms with Gasteiger partial charge in [0.25, 0.3) is 5.91 Å². The molecule has 4 heteroatoms. The van der Waals surface area contributed by atoms with Gasteiger partial charge >= 0.3 is 0 Å². The molecule has 1 aliphatic rings. The highest BCUT2D eigenvalue weighted by Gasteiger charge is 2.29. The lowest BCUT2D eigenvalue weighted by Crippen LogP contribution is -2.34. The van der Waals surface area contributed by atoms with Gasteiger partial charge in [-0.3, -0.25) is 4.79 Å². The molecule has 1 aromatic rings. The van der Waals surface area contributed by atoms with E-state index in [9.17, 15) is 9.18 Å². The molecule has 1 fully saturated rings. The molecule has 0 aliphatic heterocycles. The maximum Gasteiger partial charge on any atom is 0.254 e. The molecule has 0 bridgehead atoms. The lowest BCUT2D eigenvalue weighted by molar-refractivity contribution is 0.0930. The van der Waals surface area contributed by atoms with Crippen molar-refractivity contribution >= 4 is 5.91 Å². The summed E-state index contributed by atoms with van der Waals surface area (Å²) in [4.78, 5) is 12.1. The van der Waals surface area contributed by atoms with Gasteiger partial charge in [0, 0.05) is 12.1 Å². The molecule has 2 rings (SSSR count). The molecule has 2 N–H and O–H groups in total. The second-order valence-electron chi connectivity index (χ2n) is 5.85. The first-order chi connectivity index (χ1) is 10.0.